The number of hydrogen-bond acceptors (Lipinski definition) is 7. The Kier molecular flexibility index (Phi) is 6.96. The number of aromatic nitrogens is 2. The first-order chi connectivity index (χ1) is 13.6. The molecule has 1 fully saturated rings. The highest BCUT2D eigenvalue weighted by molar-refractivity contribution is 5.25. The quantitative estimate of drug-likeness (QED) is 0.323. The molecule has 150 valence electrons. The third-order valence-corrected chi connectivity index (χ3v) is 4.59. The van der Waals surface area contributed by atoms with Crippen LogP contribution >= 0.6 is 0 Å². The third kappa shape index (κ3) is 5.78. The van der Waals surface area contributed by atoms with Gasteiger partial charge in [0.25, 0.3) is 5.69 Å². The zero-order valence-electron chi connectivity index (χ0n) is 15.7. The van der Waals surface area contributed by atoms with E-state index in [9.17, 15) is 15.3 Å². The Labute approximate surface area is 163 Å². The molecular formula is C19H25N5O4. The van der Waals surface area contributed by atoms with E-state index in [0.717, 1.165) is 24.4 Å². The lowest BCUT2D eigenvalue weighted by Crippen LogP contribution is -2.29. The smallest absolute Gasteiger partial charge is 0.274 e. The van der Waals surface area contributed by atoms with E-state index >= 15 is 0 Å². The van der Waals surface area contributed by atoms with E-state index in [1.807, 2.05) is 12.1 Å². The molecule has 9 heteroatoms. The molecule has 1 aliphatic rings. The van der Waals surface area contributed by atoms with E-state index in [4.69, 9.17) is 4.74 Å². The highest BCUT2D eigenvalue weighted by Crippen LogP contribution is 2.15. The predicted octanol–water partition coefficient (Wildman–Crippen LogP) is 2.38. The van der Waals surface area contributed by atoms with Crippen LogP contribution in [0.5, 0.6) is 5.88 Å². The first-order valence-corrected chi connectivity index (χ1v) is 9.49. The number of ether oxygens (including phenoxy) is 1. The second kappa shape index (κ2) is 9.84. The molecule has 2 aromatic rings. The van der Waals surface area contributed by atoms with Gasteiger partial charge in [-0.2, -0.15) is 4.73 Å². The van der Waals surface area contributed by atoms with Crippen molar-refractivity contribution >= 4 is 5.69 Å². The molecule has 0 radical (unpaired) electrons. The second-order valence-corrected chi connectivity index (χ2v) is 6.77. The average Bonchev–Trinajstić information content (AvgIpc) is 2.70. The normalized spacial score (nSPS) is 15.5. The van der Waals surface area contributed by atoms with Gasteiger partial charge >= 0.3 is 0 Å². The number of piperidine rings is 1. The minimum Gasteiger partial charge on any atom is -0.478 e. The van der Waals surface area contributed by atoms with Crippen LogP contribution < -0.4 is 10.2 Å². The fourth-order valence-corrected chi connectivity index (χ4v) is 3.14. The summed E-state index contributed by atoms with van der Waals surface area (Å²) < 4.78 is 6.46. The Morgan fingerprint density at radius 3 is 2.86 bits per heavy atom. The average molecular weight is 387 g/mol. The Morgan fingerprint density at radius 2 is 2.07 bits per heavy atom. The van der Waals surface area contributed by atoms with Gasteiger partial charge in [0, 0.05) is 37.8 Å². The summed E-state index contributed by atoms with van der Waals surface area (Å²) in [6.07, 6.45) is 7.40. The standard InChI is InChI=1S/C19H25N5O4/c25-23-11-6-17(24(26)27)14-18(23)20-7-4-12-28-19-13-16(5-8-21-19)15-22-9-2-1-3-10-22/h5-6,8,11,13-14,25H,1-4,7,9-10,12,15H2. The van der Waals surface area contributed by atoms with Gasteiger partial charge < -0.3 is 9.94 Å². The zero-order valence-corrected chi connectivity index (χ0v) is 15.7. The molecule has 0 unspecified atom stereocenters. The van der Waals surface area contributed by atoms with Crippen molar-refractivity contribution in [1.82, 2.24) is 14.6 Å². The maximum atomic E-state index is 10.8. The second-order valence-electron chi connectivity index (χ2n) is 6.77. The van der Waals surface area contributed by atoms with Gasteiger partial charge in [-0.25, -0.2) is 4.98 Å². The molecule has 0 atom stereocenters. The minimum atomic E-state index is -0.523. The molecule has 9 nitrogen and oxygen atoms in total. The molecule has 0 amide bonds. The van der Waals surface area contributed by atoms with Crippen LogP contribution in [0.1, 0.15) is 31.2 Å². The summed E-state index contributed by atoms with van der Waals surface area (Å²) in [4.78, 5) is 21.1. The Balaban J connectivity index is 1.48. The van der Waals surface area contributed by atoms with Crippen molar-refractivity contribution in [1.29, 1.82) is 0 Å². The summed E-state index contributed by atoms with van der Waals surface area (Å²) in [5.74, 6) is 0.585. The molecular weight excluding hydrogens is 362 g/mol. The molecule has 1 N–H and O–H groups in total. The molecule has 0 aromatic carbocycles. The van der Waals surface area contributed by atoms with Crippen molar-refractivity contribution < 1.29 is 14.9 Å². The summed E-state index contributed by atoms with van der Waals surface area (Å²) in [6.45, 7) is 3.99. The van der Waals surface area contributed by atoms with E-state index in [-0.39, 0.29) is 11.2 Å². The van der Waals surface area contributed by atoms with E-state index in [2.05, 4.69) is 14.9 Å². The van der Waals surface area contributed by atoms with E-state index in [1.54, 1.807) is 6.20 Å². The van der Waals surface area contributed by atoms with Gasteiger partial charge in [0.1, 0.15) is 0 Å². The first kappa shape index (κ1) is 19.8. The molecule has 1 aliphatic heterocycles. The van der Waals surface area contributed by atoms with Gasteiger partial charge in [-0.3, -0.25) is 20.0 Å². The van der Waals surface area contributed by atoms with Crippen LogP contribution in [-0.4, -0.2) is 51.0 Å². The maximum absolute atomic E-state index is 10.8. The van der Waals surface area contributed by atoms with Gasteiger partial charge in [0.05, 0.1) is 23.8 Å². The van der Waals surface area contributed by atoms with Gasteiger partial charge in [-0.15, -0.1) is 0 Å². The summed E-state index contributed by atoms with van der Waals surface area (Å²) >= 11 is 0. The van der Waals surface area contributed by atoms with Crippen molar-refractivity contribution in [3.63, 3.8) is 0 Å². The Morgan fingerprint density at radius 1 is 1.25 bits per heavy atom. The number of nitro groups is 1. The molecule has 0 saturated carbocycles. The molecule has 1 saturated heterocycles. The third-order valence-electron chi connectivity index (χ3n) is 4.59. The van der Waals surface area contributed by atoms with Crippen LogP contribution in [0.2, 0.25) is 0 Å². The van der Waals surface area contributed by atoms with Crippen LogP contribution in [0.3, 0.4) is 0 Å². The van der Waals surface area contributed by atoms with Crippen LogP contribution in [0.15, 0.2) is 41.7 Å². The lowest BCUT2D eigenvalue weighted by atomic mass is 10.1. The summed E-state index contributed by atoms with van der Waals surface area (Å²) in [5, 5.41) is 20.5. The van der Waals surface area contributed by atoms with Gasteiger partial charge in [0.15, 0.2) is 5.49 Å². The molecule has 0 aliphatic carbocycles. The highest BCUT2D eigenvalue weighted by Gasteiger charge is 2.11. The van der Waals surface area contributed by atoms with Crippen molar-refractivity contribution in [2.45, 2.75) is 32.2 Å². The number of pyridine rings is 2. The van der Waals surface area contributed by atoms with E-state index in [0.29, 0.717) is 25.5 Å². The lowest BCUT2D eigenvalue weighted by Gasteiger charge is -2.26. The van der Waals surface area contributed by atoms with Crippen molar-refractivity contribution in [3.05, 3.63) is 57.8 Å². The van der Waals surface area contributed by atoms with Gasteiger partial charge in [0.2, 0.25) is 5.88 Å². The number of rotatable bonds is 8. The lowest BCUT2D eigenvalue weighted by molar-refractivity contribution is -0.385. The summed E-state index contributed by atoms with van der Waals surface area (Å²) in [5.41, 5.74) is 1.21. The SMILES string of the molecule is O=[N+]([O-])c1ccn(O)c(=NCCCOc2cc(CN3CCCCC3)ccn2)c1. The number of likely N-dealkylation sites (tertiary alicyclic amines) is 1. The fourth-order valence-electron chi connectivity index (χ4n) is 3.14. The molecule has 2 aromatic heterocycles. The largest absolute Gasteiger partial charge is 0.478 e. The highest BCUT2D eigenvalue weighted by atomic mass is 16.6. The monoisotopic (exact) mass is 387 g/mol. The number of hydrogen-bond donors (Lipinski definition) is 1. The van der Waals surface area contributed by atoms with Crippen molar-refractivity contribution in [2.75, 3.05) is 26.2 Å². The molecule has 28 heavy (non-hydrogen) atoms. The Hall–Kier alpha value is -2.94. The predicted molar refractivity (Wildman–Crippen MR) is 102 cm³/mol. The molecule has 3 heterocycles. The Bertz CT molecular complexity index is 861. The van der Waals surface area contributed by atoms with Crippen LogP contribution in [-0.2, 0) is 6.54 Å². The molecule has 3 rings (SSSR count). The maximum Gasteiger partial charge on any atom is 0.274 e. The van der Waals surface area contributed by atoms with Crippen LogP contribution in [0, 0.1) is 10.1 Å². The number of nitrogens with zero attached hydrogens (tertiary/aromatic N) is 5. The topological polar surface area (TPSA) is 106 Å². The minimum absolute atomic E-state index is 0.116. The van der Waals surface area contributed by atoms with E-state index < -0.39 is 4.92 Å². The fraction of sp³-hybridized carbons (Fsp3) is 0.474. The zero-order chi connectivity index (χ0) is 19.8. The van der Waals surface area contributed by atoms with Gasteiger partial charge in [-0.05, 0) is 37.6 Å². The summed E-state index contributed by atoms with van der Waals surface area (Å²) in [6, 6.07) is 6.42. The molecule has 0 spiro atoms. The summed E-state index contributed by atoms with van der Waals surface area (Å²) in [7, 11) is 0. The van der Waals surface area contributed by atoms with Crippen molar-refractivity contribution in [3.8, 4) is 5.88 Å². The van der Waals surface area contributed by atoms with Crippen LogP contribution in [0.4, 0.5) is 5.69 Å². The first-order valence-electron chi connectivity index (χ1n) is 9.49. The van der Waals surface area contributed by atoms with Gasteiger partial charge in [-0.1, -0.05) is 6.42 Å². The van der Waals surface area contributed by atoms with E-state index in [1.165, 1.54) is 43.2 Å². The van der Waals surface area contributed by atoms with Crippen LogP contribution in [0.25, 0.3) is 0 Å². The molecule has 0 bridgehead atoms. The van der Waals surface area contributed by atoms with Crippen molar-refractivity contribution in [2.24, 2.45) is 4.99 Å².